The standard InChI is InChI=1S/C10H10N2/c1-4-9-5-8(3)12-10(9)7(2)6-11/h4-5,12H,1-2H2,3H3. The molecule has 0 bridgehead atoms. The van der Waals surface area contributed by atoms with E-state index in [0.29, 0.717) is 5.57 Å². The maximum absolute atomic E-state index is 8.61. The molecule has 1 heterocycles. The zero-order valence-electron chi connectivity index (χ0n) is 7.02. The first-order valence-electron chi connectivity index (χ1n) is 3.60. The molecule has 1 aromatic heterocycles. The van der Waals surface area contributed by atoms with Gasteiger partial charge in [0, 0.05) is 11.3 Å². The van der Waals surface area contributed by atoms with Crippen LogP contribution in [0.1, 0.15) is 17.0 Å². The second kappa shape index (κ2) is 3.10. The Kier molecular flexibility index (Phi) is 2.16. The van der Waals surface area contributed by atoms with E-state index in [1.54, 1.807) is 6.08 Å². The summed E-state index contributed by atoms with van der Waals surface area (Å²) in [6, 6.07) is 3.93. The molecular formula is C10H10N2. The number of aromatic amines is 1. The summed E-state index contributed by atoms with van der Waals surface area (Å²) in [5, 5.41) is 8.61. The summed E-state index contributed by atoms with van der Waals surface area (Å²) in [4.78, 5) is 3.05. The number of hydrogen-bond donors (Lipinski definition) is 1. The molecule has 0 atom stereocenters. The SMILES string of the molecule is C=Cc1cc(C)[nH]c1C(=C)C#N. The van der Waals surface area contributed by atoms with Gasteiger partial charge in [-0.25, -0.2) is 0 Å². The minimum Gasteiger partial charge on any atom is -0.358 e. The van der Waals surface area contributed by atoms with Crippen molar-refractivity contribution in [3.05, 3.63) is 36.2 Å². The van der Waals surface area contributed by atoms with Gasteiger partial charge in [-0.15, -0.1) is 0 Å². The molecule has 0 aliphatic carbocycles. The Labute approximate surface area is 71.8 Å². The average Bonchev–Trinajstić information content (AvgIpc) is 2.45. The zero-order chi connectivity index (χ0) is 9.14. The second-order valence-corrected chi connectivity index (χ2v) is 2.58. The van der Waals surface area contributed by atoms with Crippen LogP contribution < -0.4 is 0 Å². The van der Waals surface area contributed by atoms with Crippen molar-refractivity contribution in [2.24, 2.45) is 0 Å². The second-order valence-electron chi connectivity index (χ2n) is 2.58. The van der Waals surface area contributed by atoms with Gasteiger partial charge in [0.1, 0.15) is 6.07 Å². The molecule has 1 rings (SSSR count). The summed E-state index contributed by atoms with van der Waals surface area (Å²) in [5.74, 6) is 0. The smallest absolute Gasteiger partial charge is 0.101 e. The van der Waals surface area contributed by atoms with E-state index in [9.17, 15) is 0 Å². The van der Waals surface area contributed by atoms with E-state index in [1.807, 2.05) is 19.1 Å². The number of rotatable bonds is 2. The number of H-pyrrole nitrogens is 1. The van der Waals surface area contributed by atoms with Crippen LogP contribution in [0.4, 0.5) is 0 Å². The Balaban J connectivity index is 3.24. The normalized spacial score (nSPS) is 9.00. The molecule has 0 saturated carbocycles. The number of hydrogen-bond acceptors (Lipinski definition) is 1. The third kappa shape index (κ3) is 1.30. The summed E-state index contributed by atoms with van der Waals surface area (Å²) >= 11 is 0. The van der Waals surface area contributed by atoms with Gasteiger partial charge in [-0.3, -0.25) is 0 Å². The predicted octanol–water partition coefficient (Wildman–Crippen LogP) is 2.50. The quantitative estimate of drug-likeness (QED) is 0.660. The van der Waals surface area contributed by atoms with Gasteiger partial charge in [0.15, 0.2) is 0 Å². The average molecular weight is 158 g/mol. The molecule has 0 radical (unpaired) electrons. The lowest BCUT2D eigenvalue weighted by molar-refractivity contribution is 1.24. The summed E-state index contributed by atoms with van der Waals surface area (Å²) in [6.45, 7) is 9.21. The lowest BCUT2D eigenvalue weighted by Crippen LogP contribution is -1.82. The number of aromatic nitrogens is 1. The van der Waals surface area contributed by atoms with Gasteiger partial charge in [-0.1, -0.05) is 19.2 Å². The highest BCUT2D eigenvalue weighted by Gasteiger charge is 2.05. The van der Waals surface area contributed by atoms with Crippen molar-refractivity contribution in [1.82, 2.24) is 4.98 Å². The highest BCUT2D eigenvalue weighted by atomic mass is 14.7. The maximum Gasteiger partial charge on any atom is 0.101 e. The van der Waals surface area contributed by atoms with Gasteiger partial charge >= 0.3 is 0 Å². The number of allylic oxidation sites excluding steroid dienone is 1. The predicted molar refractivity (Wildman–Crippen MR) is 50.3 cm³/mol. The molecule has 1 N–H and O–H groups in total. The van der Waals surface area contributed by atoms with Crippen molar-refractivity contribution in [3.63, 3.8) is 0 Å². The van der Waals surface area contributed by atoms with Crippen molar-refractivity contribution in [3.8, 4) is 6.07 Å². The van der Waals surface area contributed by atoms with Crippen molar-refractivity contribution in [2.45, 2.75) is 6.92 Å². The Morgan fingerprint density at radius 2 is 2.42 bits per heavy atom. The van der Waals surface area contributed by atoms with E-state index in [2.05, 4.69) is 18.1 Å². The summed E-state index contributed by atoms with van der Waals surface area (Å²) in [6.07, 6.45) is 1.71. The van der Waals surface area contributed by atoms with Crippen LogP contribution >= 0.6 is 0 Å². The van der Waals surface area contributed by atoms with Gasteiger partial charge in [-0.2, -0.15) is 5.26 Å². The lowest BCUT2D eigenvalue weighted by Gasteiger charge is -1.93. The number of aryl methyl sites for hydroxylation is 1. The zero-order valence-corrected chi connectivity index (χ0v) is 7.02. The molecule has 0 unspecified atom stereocenters. The van der Waals surface area contributed by atoms with Gasteiger partial charge in [-0.05, 0) is 13.0 Å². The van der Waals surface area contributed by atoms with Crippen molar-refractivity contribution in [2.75, 3.05) is 0 Å². The van der Waals surface area contributed by atoms with E-state index in [4.69, 9.17) is 5.26 Å². The third-order valence-electron chi connectivity index (χ3n) is 1.64. The minimum atomic E-state index is 0.443. The van der Waals surface area contributed by atoms with Gasteiger partial charge in [0.05, 0.1) is 11.3 Å². The number of nitrogens with zero attached hydrogens (tertiary/aromatic N) is 1. The number of nitriles is 1. The molecule has 2 nitrogen and oxygen atoms in total. The Morgan fingerprint density at radius 1 is 1.75 bits per heavy atom. The first-order chi connectivity index (χ1) is 5.69. The molecule has 2 heteroatoms. The van der Waals surface area contributed by atoms with E-state index >= 15 is 0 Å². The maximum atomic E-state index is 8.61. The molecule has 0 aliphatic heterocycles. The molecule has 0 fully saturated rings. The molecule has 1 aromatic rings. The monoisotopic (exact) mass is 158 g/mol. The fourth-order valence-corrected chi connectivity index (χ4v) is 1.08. The topological polar surface area (TPSA) is 39.6 Å². The molecule has 0 spiro atoms. The van der Waals surface area contributed by atoms with Crippen LogP contribution in [0.2, 0.25) is 0 Å². The molecule has 0 aliphatic rings. The summed E-state index contributed by atoms with van der Waals surface area (Å²) < 4.78 is 0. The van der Waals surface area contributed by atoms with Crippen LogP contribution in [0.25, 0.3) is 11.6 Å². The van der Waals surface area contributed by atoms with Gasteiger partial charge in [0.2, 0.25) is 0 Å². The highest BCUT2D eigenvalue weighted by molar-refractivity contribution is 5.78. The van der Waals surface area contributed by atoms with Crippen LogP contribution in [0, 0.1) is 18.3 Å². The molecule has 0 aromatic carbocycles. The molecule has 0 amide bonds. The van der Waals surface area contributed by atoms with Crippen LogP contribution in [0.5, 0.6) is 0 Å². The Hall–Kier alpha value is -1.75. The van der Waals surface area contributed by atoms with Crippen LogP contribution in [0.15, 0.2) is 19.2 Å². The minimum absolute atomic E-state index is 0.443. The van der Waals surface area contributed by atoms with Crippen molar-refractivity contribution in [1.29, 1.82) is 5.26 Å². The van der Waals surface area contributed by atoms with Crippen LogP contribution in [0.3, 0.4) is 0 Å². The van der Waals surface area contributed by atoms with Gasteiger partial charge < -0.3 is 4.98 Å². The van der Waals surface area contributed by atoms with E-state index in [1.165, 1.54) is 0 Å². The largest absolute Gasteiger partial charge is 0.358 e. The fraction of sp³-hybridized carbons (Fsp3) is 0.100. The van der Waals surface area contributed by atoms with E-state index in [-0.39, 0.29) is 0 Å². The first-order valence-corrected chi connectivity index (χ1v) is 3.60. The van der Waals surface area contributed by atoms with E-state index < -0.39 is 0 Å². The summed E-state index contributed by atoms with van der Waals surface area (Å²) in [5.41, 5.74) is 3.15. The fourth-order valence-electron chi connectivity index (χ4n) is 1.08. The van der Waals surface area contributed by atoms with Gasteiger partial charge in [0.25, 0.3) is 0 Å². The van der Waals surface area contributed by atoms with Crippen LogP contribution in [-0.4, -0.2) is 4.98 Å². The van der Waals surface area contributed by atoms with E-state index in [0.717, 1.165) is 17.0 Å². The first kappa shape index (κ1) is 8.35. The molecule has 0 saturated heterocycles. The Bertz CT molecular complexity index is 364. The third-order valence-corrected chi connectivity index (χ3v) is 1.64. The van der Waals surface area contributed by atoms with Crippen LogP contribution in [-0.2, 0) is 0 Å². The van der Waals surface area contributed by atoms with Crippen molar-refractivity contribution < 1.29 is 0 Å². The molecule has 12 heavy (non-hydrogen) atoms. The molecular weight excluding hydrogens is 148 g/mol. The highest BCUT2D eigenvalue weighted by Crippen LogP contribution is 2.18. The number of nitrogens with one attached hydrogen (secondary N) is 1. The van der Waals surface area contributed by atoms with Crippen molar-refractivity contribution >= 4 is 11.6 Å². The Morgan fingerprint density at radius 3 is 2.92 bits per heavy atom. The molecule has 60 valence electrons. The summed E-state index contributed by atoms with van der Waals surface area (Å²) in [7, 11) is 0. The lowest BCUT2D eigenvalue weighted by atomic mass is 10.1.